The summed E-state index contributed by atoms with van der Waals surface area (Å²) >= 11 is 0. The number of ether oxygens (including phenoxy) is 1. The minimum Gasteiger partial charge on any atom is -0.507 e. The van der Waals surface area contributed by atoms with Crippen molar-refractivity contribution in [1.29, 1.82) is 0 Å². The Bertz CT molecular complexity index is 1050. The number of carbonyl (C=O) groups is 2. The maximum Gasteiger partial charge on any atom is 0.410 e. The van der Waals surface area contributed by atoms with Crippen molar-refractivity contribution in [3.8, 4) is 5.75 Å². The number of aryl methyl sites for hydroxylation is 2. The quantitative estimate of drug-likeness (QED) is 0.236. The number of alkyl carbamates (subject to hydrolysis) is 1. The average molecular weight is 514 g/mol. The van der Waals surface area contributed by atoms with Crippen LogP contribution in [0.2, 0.25) is 0 Å². The van der Waals surface area contributed by atoms with Gasteiger partial charge in [-0.15, -0.1) is 0 Å². The van der Waals surface area contributed by atoms with E-state index in [4.69, 9.17) is 4.42 Å². The molecule has 0 saturated heterocycles. The van der Waals surface area contributed by atoms with E-state index in [0.29, 0.717) is 18.6 Å². The Balaban J connectivity index is 0.000000442. The van der Waals surface area contributed by atoms with Crippen molar-refractivity contribution < 1.29 is 23.8 Å². The minimum absolute atomic E-state index is 0.144. The molecule has 0 radical (unpaired) electrons. The Hall–Kier alpha value is -3.35. The highest BCUT2D eigenvalue weighted by atomic mass is 16.5. The van der Waals surface area contributed by atoms with Crippen molar-refractivity contribution in [3.63, 3.8) is 0 Å². The van der Waals surface area contributed by atoms with Crippen molar-refractivity contribution in [2.75, 3.05) is 7.11 Å². The van der Waals surface area contributed by atoms with Gasteiger partial charge in [0, 0.05) is 24.1 Å². The molecule has 2 aromatic rings. The van der Waals surface area contributed by atoms with Crippen LogP contribution in [0.3, 0.4) is 0 Å². The Morgan fingerprint density at radius 3 is 2.27 bits per heavy atom. The summed E-state index contributed by atoms with van der Waals surface area (Å²) in [6.45, 7) is 9.58. The summed E-state index contributed by atoms with van der Waals surface area (Å²) in [5.41, 5.74) is 1.81. The van der Waals surface area contributed by atoms with Crippen molar-refractivity contribution in [3.05, 3.63) is 75.5 Å². The zero-order valence-electron chi connectivity index (χ0n) is 23.1. The van der Waals surface area contributed by atoms with Gasteiger partial charge >= 0.3 is 11.7 Å². The molecule has 37 heavy (non-hydrogen) atoms. The van der Waals surface area contributed by atoms with Crippen LogP contribution in [0.4, 0.5) is 4.79 Å². The van der Waals surface area contributed by atoms with Crippen LogP contribution in [0.25, 0.3) is 0 Å². The number of methoxy groups -OCH3 is 1. The first-order chi connectivity index (χ1) is 17.6. The van der Waals surface area contributed by atoms with Crippen molar-refractivity contribution in [1.82, 2.24) is 5.32 Å². The van der Waals surface area contributed by atoms with Crippen LogP contribution in [0, 0.1) is 5.92 Å². The van der Waals surface area contributed by atoms with E-state index >= 15 is 0 Å². The first kappa shape index (κ1) is 31.7. The van der Waals surface area contributed by atoms with Gasteiger partial charge in [-0.2, -0.15) is 0 Å². The summed E-state index contributed by atoms with van der Waals surface area (Å²) in [7, 11) is 1.27. The molecule has 0 aliphatic heterocycles. The average Bonchev–Trinajstić information content (AvgIpc) is 2.88. The topological polar surface area (TPSA) is 106 Å². The van der Waals surface area contributed by atoms with Gasteiger partial charge in [0.2, 0.25) is 0 Å². The molecule has 0 spiro atoms. The van der Waals surface area contributed by atoms with E-state index < -0.39 is 23.4 Å². The number of hydrogen-bond acceptors (Lipinski definition) is 6. The third-order valence-corrected chi connectivity index (χ3v) is 5.98. The molecule has 7 nitrogen and oxygen atoms in total. The van der Waals surface area contributed by atoms with Gasteiger partial charge in [0.25, 0.3) is 0 Å². The van der Waals surface area contributed by atoms with Crippen LogP contribution in [-0.2, 0) is 17.6 Å². The highest BCUT2D eigenvalue weighted by Gasteiger charge is 2.22. The molecule has 204 valence electrons. The predicted octanol–water partition coefficient (Wildman–Crippen LogP) is 6.92. The molecule has 1 amide bonds. The van der Waals surface area contributed by atoms with Gasteiger partial charge in [-0.05, 0) is 43.2 Å². The third kappa shape index (κ3) is 11.5. The molecular formula is C30H43NO6. The summed E-state index contributed by atoms with van der Waals surface area (Å²) in [4.78, 5) is 34.7. The van der Waals surface area contributed by atoms with Crippen LogP contribution in [0.15, 0.2) is 51.8 Å². The lowest BCUT2D eigenvalue weighted by Crippen LogP contribution is -2.19. The minimum atomic E-state index is -0.821. The van der Waals surface area contributed by atoms with E-state index in [-0.39, 0.29) is 17.2 Å². The summed E-state index contributed by atoms with van der Waals surface area (Å²) in [6.07, 6.45) is 10.3. The Morgan fingerprint density at radius 1 is 1.08 bits per heavy atom. The van der Waals surface area contributed by atoms with Crippen LogP contribution >= 0.6 is 0 Å². The number of aromatic hydroxyl groups is 1. The second-order valence-electron chi connectivity index (χ2n) is 9.36. The molecule has 0 aliphatic rings. The van der Waals surface area contributed by atoms with Gasteiger partial charge in [0.15, 0.2) is 5.78 Å². The smallest absolute Gasteiger partial charge is 0.410 e. The molecule has 1 atom stereocenters. The Morgan fingerprint density at radius 2 is 1.73 bits per heavy atom. The Kier molecular flexibility index (Phi) is 14.7. The van der Waals surface area contributed by atoms with Crippen LogP contribution in [-0.4, -0.2) is 24.1 Å². The normalized spacial score (nSPS) is 11.6. The second kappa shape index (κ2) is 17.2. The molecule has 0 aliphatic carbocycles. The van der Waals surface area contributed by atoms with Gasteiger partial charge in [-0.1, -0.05) is 77.8 Å². The van der Waals surface area contributed by atoms with E-state index in [1.807, 2.05) is 6.92 Å². The zero-order valence-corrected chi connectivity index (χ0v) is 23.1. The number of hydrogen-bond donors (Lipinski definition) is 2. The number of nitrogens with one attached hydrogen (secondary N) is 1. The molecule has 0 bridgehead atoms. The van der Waals surface area contributed by atoms with Crippen molar-refractivity contribution >= 4 is 11.9 Å². The molecule has 1 aromatic carbocycles. The Labute approximate surface area is 220 Å². The number of ketones is 1. The fraction of sp³-hybridized carbons (Fsp3) is 0.500. The summed E-state index contributed by atoms with van der Waals surface area (Å²) in [5.74, 6) is -1.04. The molecule has 2 rings (SSSR count). The van der Waals surface area contributed by atoms with Crippen LogP contribution in [0.5, 0.6) is 5.75 Å². The van der Waals surface area contributed by atoms with E-state index in [0.717, 1.165) is 6.42 Å². The van der Waals surface area contributed by atoms with Gasteiger partial charge < -0.3 is 14.3 Å². The lowest BCUT2D eigenvalue weighted by molar-refractivity contribution is 0.0931. The van der Waals surface area contributed by atoms with Gasteiger partial charge in [0.1, 0.15) is 17.1 Å². The molecule has 2 N–H and O–H groups in total. The van der Waals surface area contributed by atoms with Crippen molar-refractivity contribution in [2.24, 2.45) is 5.92 Å². The van der Waals surface area contributed by atoms with Gasteiger partial charge in [-0.3, -0.25) is 10.1 Å². The number of carbonyl (C=O) groups excluding carboxylic acids is 2. The molecule has 1 heterocycles. The van der Waals surface area contributed by atoms with Crippen molar-refractivity contribution in [2.45, 2.75) is 85.5 Å². The van der Waals surface area contributed by atoms with E-state index in [1.54, 1.807) is 19.9 Å². The fourth-order valence-corrected chi connectivity index (χ4v) is 3.54. The van der Waals surface area contributed by atoms with Gasteiger partial charge in [-0.25, -0.2) is 9.59 Å². The van der Waals surface area contributed by atoms with Gasteiger partial charge in [0.05, 0.1) is 7.11 Å². The number of rotatable bonds is 12. The maximum atomic E-state index is 12.0. The lowest BCUT2D eigenvalue weighted by atomic mass is 9.99. The molecule has 0 fully saturated rings. The maximum absolute atomic E-state index is 12.0. The monoisotopic (exact) mass is 513 g/mol. The van der Waals surface area contributed by atoms with Crippen LogP contribution < -0.4 is 10.9 Å². The second-order valence-corrected chi connectivity index (χ2v) is 9.36. The first-order valence-corrected chi connectivity index (χ1v) is 13.1. The standard InChI is InChI=1S/C17H23NO6.C13H20/c1-10(2)15(20)14-12(19)9-13(24-16(14)21)11(3)7-5-6-8-18-17(22)23-4;1-3-5-6-7-13-10-8-12(4-2)9-11-13/h6,8-11,19H,5,7H2,1-4H3,(H,18,22);8-11H,3-7H2,1-2H3/b8-6+;. The lowest BCUT2D eigenvalue weighted by Gasteiger charge is -2.11. The number of benzene rings is 1. The van der Waals surface area contributed by atoms with E-state index in [2.05, 4.69) is 48.2 Å². The van der Waals surface area contributed by atoms with E-state index in [9.17, 15) is 19.5 Å². The van der Waals surface area contributed by atoms with E-state index in [1.165, 1.54) is 56.2 Å². The number of allylic oxidation sites excluding steroid dienone is 1. The number of Topliss-reactive ketones (excluding diaryl/α,β-unsaturated/α-hetero) is 1. The summed E-state index contributed by atoms with van der Waals surface area (Å²) in [6, 6.07) is 10.4. The number of amides is 1. The summed E-state index contributed by atoms with van der Waals surface area (Å²) < 4.78 is 9.60. The number of unbranched alkanes of at least 4 members (excludes halogenated alkanes) is 2. The molecule has 1 unspecified atom stereocenters. The molecule has 1 aromatic heterocycles. The summed E-state index contributed by atoms with van der Waals surface area (Å²) in [5, 5.41) is 12.4. The molecular weight excluding hydrogens is 470 g/mol. The fourth-order valence-electron chi connectivity index (χ4n) is 3.54. The largest absolute Gasteiger partial charge is 0.507 e. The first-order valence-electron chi connectivity index (χ1n) is 13.1. The highest BCUT2D eigenvalue weighted by Crippen LogP contribution is 2.25. The molecule has 7 heteroatoms. The predicted molar refractivity (Wildman–Crippen MR) is 147 cm³/mol. The third-order valence-electron chi connectivity index (χ3n) is 5.98. The molecule has 0 saturated carbocycles. The zero-order chi connectivity index (χ0) is 27.8. The SMILES string of the molecule is CCCCCc1ccc(CC)cc1.COC(=O)N/C=C/CCC(C)c1cc(O)c(C(=O)C(C)C)c(=O)o1. The highest BCUT2D eigenvalue weighted by molar-refractivity contribution is 5.99. The van der Waals surface area contributed by atoms with Crippen LogP contribution in [0.1, 0.15) is 99.9 Å².